The number of Topliss-reactive ketones (excluding diaryl/α,β-unsaturated/α-hetero) is 1. The van der Waals surface area contributed by atoms with E-state index in [1.807, 2.05) is 30.3 Å². The molecule has 20 heavy (non-hydrogen) atoms. The van der Waals surface area contributed by atoms with Crippen molar-refractivity contribution in [3.63, 3.8) is 0 Å². The number of nitriles is 1. The number of hydrogen-bond acceptors (Lipinski definition) is 2. The molecule has 0 aliphatic rings. The highest BCUT2D eigenvalue weighted by Gasteiger charge is 2.23. The third kappa shape index (κ3) is 3.27. The predicted molar refractivity (Wildman–Crippen MR) is 82.9 cm³/mol. The van der Waals surface area contributed by atoms with E-state index < -0.39 is 5.92 Å². The predicted octanol–water partition coefficient (Wildman–Crippen LogP) is 4.98. The van der Waals surface area contributed by atoms with Gasteiger partial charge in [0.25, 0.3) is 0 Å². The van der Waals surface area contributed by atoms with Gasteiger partial charge < -0.3 is 0 Å². The highest BCUT2D eigenvalue weighted by atomic mass is 79.9. The van der Waals surface area contributed by atoms with Gasteiger partial charge in [0, 0.05) is 16.5 Å². The monoisotopic (exact) mass is 347 g/mol. The van der Waals surface area contributed by atoms with Crippen LogP contribution in [0, 0.1) is 11.3 Å². The minimum atomic E-state index is -0.486. The van der Waals surface area contributed by atoms with Gasteiger partial charge in [0.1, 0.15) is 0 Å². The summed E-state index contributed by atoms with van der Waals surface area (Å²) in [6, 6.07) is 16.5. The third-order valence-corrected chi connectivity index (χ3v) is 3.82. The Bertz CT molecular complexity index is 664. The molecule has 0 heterocycles. The first-order valence-electron chi connectivity index (χ1n) is 6.04. The molecule has 100 valence electrons. The number of rotatable bonds is 4. The Hall–Kier alpha value is -1.63. The Labute approximate surface area is 131 Å². The van der Waals surface area contributed by atoms with E-state index in [1.165, 1.54) is 0 Å². The molecule has 0 aliphatic carbocycles. The van der Waals surface area contributed by atoms with E-state index in [-0.39, 0.29) is 12.2 Å². The van der Waals surface area contributed by atoms with Gasteiger partial charge in [-0.05, 0) is 23.8 Å². The molecular weight excluding hydrogens is 338 g/mol. The molecule has 1 atom stereocenters. The molecule has 0 spiro atoms. The molecule has 0 fully saturated rings. The van der Waals surface area contributed by atoms with Crippen LogP contribution < -0.4 is 0 Å². The van der Waals surface area contributed by atoms with Gasteiger partial charge in [0.2, 0.25) is 0 Å². The molecule has 0 N–H and O–H groups in total. The summed E-state index contributed by atoms with van der Waals surface area (Å²) in [5, 5.41) is 9.36. The smallest absolute Gasteiger partial charge is 0.172 e. The van der Waals surface area contributed by atoms with Crippen molar-refractivity contribution >= 4 is 33.3 Å². The topological polar surface area (TPSA) is 40.9 Å². The summed E-state index contributed by atoms with van der Waals surface area (Å²) in [5.41, 5.74) is 1.28. The van der Waals surface area contributed by atoms with Crippen molar-refractivity contribution in [1.29, 1.82) is 5.26 Å². The zero-order chi connectivity index (χ0) is 14.5. The van der Waals surface area contributed by atoms with Gasteiger partial charge in [-0.3, -0.25) is 4.79 Å². The van der Waals surface area contributed by atoms with E-state index in [0.717, 1.165) is 10.0 Å². The zero-order valence-electron chi connectivity index (χ0n) is 10.5. The number of halogens is 2. The van der Waals surface area contributed by atoms with Crippen molar-refractivity contribution < 1.29 is 4.79 Å². The molecule has 2 aromatic carbocycles. The summed E-state index contributed by atoms with van der Waals surface area (Å²) in [7, 11) is 0. The van der Waals surface area contributed by atoms with E-state index in [4.69, 9.17) is 16.9 Å². The van der Waals surface area contributed by atoms with Crippen LogP contribution in [0.2, 0.25) is 5.02 Å². The molecule has 0 saturated heterocycles. The van der Waals surface area contributed by atoms with Crippen LogP contribution in [0.15, 0.2) is 53.0 Å². The van der Waals surface area contributed by atoms with Crippen LogP contribution in [0.25, 0.3) is 0 Å². The summed E-state index contributed by atoms with van der Waals surface area (Å²) in [6.07, 6.45) is 0.134. The molecule has 1 unspecified atom stereocenters. The van der Waals surface area contributed by atoms with Crippen LogP contribution in [-0.4, -0.2) is 5.78 Å². The Morgan fingerprint density at radius 1 is 1.25 bits per heavy atom. The van der Waals surface area contributed by atoms with Crippen molar-refractivity contribution in [1.82, 2.24) is 0 Å². The van der Waals surface area contributed by atoms with Crippen LogP contribution in [-0.2, 0) is 0 Å². The second-order valence-corrected chi connectivity index (χ2v) is 5.64. The summed E-state index contributed by atoms with van der Waals surface area (Å²) in [4.78, 5) is 12.6. The highest BCUT2D eigenvalue weighted by Crippen LogP contribution is 2.29. The van der Waals surface area contributed by atoms with E-state index in [2.05, 4.69) is 22.0 Å². The molecule has 2 rings (SSSR count). The van der Waals surface area contributed by atoms with Crippen LogP contribution in [0.5, 0.6) is 0 Å². The molecule has 0 amide bonds. The standard InChI is InChI=1S/C16H11BrClNO/c17-12-6-7-14(15(18)10-12)16(20)13(8-9-19)11-4-2-1-3-5-11/h1-7,10,13H,8H2. The first-order chi connectivity index (χ1) is 9.63. The van der Waals surface area contributed by atoms with Crippen molar-refractivity contribution in [2.24, 2.45) is 0 Å². The maximum atomic E-state index is 12.6. The maximum absolute atomic E-state index is 12.6. The third-order valence-electron chi connectivity index (χ3n) is 3.01. The molecule has 2 nitrogen and oxygen atoms in total. The first-order valence-corrected chi connectivity index (χ1v) is 7.21. The molecule has 0 saturated carbocycles. The average Bonchev–Trinajstić information content (AvgIpc) is 2.45. The minimum Gasteiger partial charge on any atom is -0.293 e. The Morgan fingerprint density at radius 3 is 2.55 bits per heavy atom. The van der Waals surface area contributed by atoms with Crippen molar-refractivity contribution in [2.75, 3.05) is 0 Å². The highest BCUT2D eigenvalue weighted by molar-refractivity contribution is 9.10. The number of carbonyl (C=O) groups excluding carboxylic acids is 1. The number of hydrogen-bond donors (Lipinski definition) is 0. The van der Waals surface area contributed by atoms with E-state index >= 15 is 0 Å². The van der Waals surface area contributed by atoms with E-state index in [1.54, 1.807) is 18.2 Å². The molecule has 0 aliphatic heterocycles. The summed E-state index contributed by atoms with van der Waals surface area (Å²) in [6.45, 7) is 0. The lowest BCUT2D eigenvalue weighted by molar-refractivity contribution is 0.0961. The average molecular weight is 349 g/mol. The lowest BCUT2D eigenvalue weighted by Crippen LogP contribution is -2.13. The lowest BCUT2D eigenvalue weighted by Gasteiger charge is -2.14. The van der Waals surface area contributed by atoms with Gasteiger partial charge in [0.05, 0.1) is 17.0 Å². The van der Waals surface area contributed by atoms with Crippen LogP contribution in [0.3, 0.4) is 0 Å². The quantitative estimate of drug-likeness (QED) is 0.731. The van der Waals surface area contributed by atoms with Gasteiger partial charge in [-0.15, -0.1) is 0 Å². The van der Waals surface area contributed by atoms with Crippen LogP contribution in [0.1, 0.15) is 28.3 Å². The summed E-state index contributed by atoms with van der Waals surface area (Å²) >= 11 is 9.43. The van der Waals surface area contributed by atoms with Gasteiger partial charge >= 0.3 is 0 Å². The van der Waals surface area contributed by atoms with Gasteiger partial charge in [-0.2, -0.15) is 5.26 Å². The minimum absolute atomic E-state index is 0.129. The molecule has 0 bridgehead atoms. The fourth-order valence-electron chi connectivity index (χ4n) is 2.02. The van der Waals surface area contributed by atoms with Crippen LogP contribution in [0.4, 0.5) is 0 Å². The number of ketones is 1. The van der Waals surface area contributed by atoms with Gasteiger partial charge in [0.15, 0.2) is 5.78 Å². The number of benzene rings is 2. The molecule has 2 aromatic rings. The first kappa shape index (κ1) is 14.8. The fraction of sp³-hybridized carbons (Fsp3) is 0.125. The Balaban J connectivity index is 2.40. The molecule has 4 heteroatoms. The molecule has 0 aromatic heterocycles. The van der Waals surface area contributed by atoms with Gasteiger partial charge in [-0.1, -0.05) is 57.9 Å². The normalized spacial score (nSPS) is 11.7. The molecular formula is C16H11BrClNO. The van der Waals surface area contributed by atoms with Gasteiger partial charge in [-0.25, -0.2) is 0 Å². The largest absolute Gasteiger partial charge is 0.293 e. The van der Waals surface area contributed by atoms with Crippen molar-refractivity contribution in [3.05, 3.63) is 69.2 Å². The van der Waals surface area contributed by atoms with Crippen LogP contribution >= 0.6 is 27.5 Å². The Morgan fingerprint density at radius 2 is 1.95 bits per heavy atom. The number of carbonyl (C=O) groups is 1. The Kier molecular flexibility index (Phi) is 4.94. The van der Waals surface area contributed by atoms with E-state index in [9.17, 15) is 4.79 Å². The molecule has 0 radical (unpaired) electrons. The maximum Gasteiger partial charge on any atom is 0.172 e. The number of nitrogens with zero attached hydrogens (tertiary/aromatic N) is 1. The lowest BCUT2D eigenvalue weighted by atomic mass is 9.88. The summed E-state index contributed by atoms with van der Waals surface area (Å²) < 4.78 is 0.815. The SMILES string of the molecule is N#CCC(C(=O)c1ccc(Br)cc1Cl)c1ccccc1. The van der Waals surface area contributed by atoms with E-state index in [0.29, 0.717) is 10.6 Å². The zero-order valence-corrected chi connectivity index (χ0v) is 12.9. The second-order valence-electron chi connectivity index (χ2n) is 4.31. The fourth-order valence-corrected chi connectivity index (χ4v) is 2.78. The van der Waals surface area contributed by atoms with Crippen molar-refractivity contribution in [2.45, 2.75) is 12.3 Å². The second kappa shape index (κ2) is 6.69. The summed E-state index contributed by atoms with van der Waals surface area (Å²) in [5.74, 6) is -0.616. The van der Waals surface area contributed by atoms with Crippen molar-refractivity contribution in [3.8, 4) is 6.07 Å².